The fourth-order valence-electron chi connectivity index (χ4n) is 3.72. The van der Waals surface area contributed by atoms with Crippen LogP contribution in [0.2, 0.25) is 0 Å². The lowest BCUT2D eigenvalue weighted by Gasteiger charge is -2.34. The quantitative estimate of drug-likeness (QED) is 0.743. The summed E-state index contributed by atoms with van der Waals surface area (Å²) in [7, 11) is 0. The van der Waals surface area contributed by atoms with Crippen molar-refractivity contribution in [3.63, 3.8) is 0 Å². The lowest BCUT2D eigenvalue weighted by Crippen LogP contribution is -2.44. The summed E-state index contributed by atoms with van der Waals surface area (Å²) in [6.07, 6.45) is 3.84. The fourth-order valence-corrected chi connectivity index (χ4v) is 4.53. The normalized spacial score (nSPS) is 17.1. The van der Waals surface area contributed by atoms with Gasteiger partial charge in [-0.15, -0.1) is 11.3 Å². The van der Waals surface area contributed by atoms with Crippen LogP contribution in [0.1, 0.15) is 44.4 Å². The summed E-state index contributed by atoms with van der Waals surface area (Å²) in [6, 6.07) is 2.83. The lowest BCUT2D eigenvalue weighted by molar-refractivity contribution is 0.365. The molecule has 26 heavy (non-hydrogen) atoms. The van der Waals surface area contributed by atoms with E-state index in [1.54, 1.807) is 17.7 Å². The maximum absolute atomic E-state index is 4.73. The third-order valence-electron chi connectivity index (χ3n) is 5.03. The summed E-state index contributed by atoms with van der Waals surface area (Å²) in [6.45, 7) is 9.11. The molecule has 4 rings (SSSR count). The zero-order chi connectivity index (χ0) is 18.1. The van der Waals surface area contributed by atoms with Crippen LogP contribution >= 0.6 is 11.3 Å². The molecule has 0 radical (unpaired) electrons. The van der Waals surface area contributed by atoms with Gasteiger partial charge >= 0.3 is 0 Å². The van der Waals surface area contributed by atoms with Crippen LogP contribution in [0.5, 0.6) is 0 Å². The van der Waals surface area contributed by atoms with Gasteiger partial charge in [0.05, 0.1) is 11.4 Å². The standard InChI is InChI=1S/C18H25N7S/c1-4-25-16(19-11-20-25)12(2)21-14-5-8-24(9-6-14)17-15-7-10-26-18(15)23-13(3)22-17/h7,10-12,14,21H,4-6,8-9H2,1-3H3/t12-/m0/s1. The molecule has 3 aromatic rings. The van der Waals surface area contributed by atoms with Gasteiger partial charge in [0.25, 0.3) is 0 Å². The molecule has 0 aliphatic carbocycles. The number of hydrogen-bond acceptors (Lipinski definition) is 7. The fraction of sp³-hybridized carbons (Fsp3) is 0.556. The van der Waals surface area contributed by atoms with E-state index in [0.717, 1.165) is 54.8 Å². The first-order valence-electron chi connectivity index (χ1n) is 9.26. The van der Waals surface area contributed by atoms with Crippen molar-refractivity contribution in [2.75, 3.05) is 18.0 Å². The molecule has 0 amide bonds. The molecule has 1 N–H and O–H groups in total. The van der Waals surface area contributed by atoms with Gasteiger partial charge in [-0.05, 0) is 45.1 Å². The van der Waals surface area contributed by atoms with Crippen molar-refractivity contribution in [1.29, 1.82) is 0 Å². The first kappa shape index (κ1) is 17.4. The minimum Gasteiger partial charge on any atom is -0.356 e. The number of aryl methyl sites for hydroxylation is 2. The van der Waals surface area contributed by atoms with Gasteiger partial charge in [-0.25, -0.2) is 19.6 Å². The number of thiophene rings is 1. The Bertz CT molecular complexity index is 879. The summed E-state index contributed by atoms with van der Waals surface area (Å²) in [4.78, 5) is 17.2. The molecule has 1 atom stereocenters. The molecular weight excluding hydrogens is 346 g/mol. The van der Waals surface area contributed by atoms with Crippen LogP contribution in [0.4, 0.5) is 5.82 Å². The van der Waals surface area contributed by atoms with Crippen molar-refractivity contribution in [3.8, 4) is 0 Å². The zero-order valence-corrected chi connectivity index (χ0v) is 16.3. The predicted molar refractivity (Wildman–Crippen MR) is 105 cm³/mol. The minimum atomic E-state index is 0.207. The average Bonchev–Trinajstić information content (AvgIpc) is 3.30. The predicted octanol–water partition coefficient (Wildman–Crippen LogP) is 2.93. The van der Waals surface area contributed by atoms with E-state index in [1.165, 1.54) is 5.39 Å². The molecule has 1 fully saturated rings. The summed E-state index contributed by atoms with van der Waals surface area (Å²) in [5.41, 5.74) is 0. The molecule has 0 saturated carbocycles. The van der Waals surface area contributed by atoms with Crippen molar-refractivity contribution in [2.45, 2.75) is 52.2 Å². The Kier molecular flexibility index (Phi) is 4.86. The van der Waals surface area contributed by atoms with Crippen molar-refractivity contribution in [2.24, 2.45) is 0 Å². The monoisotopic (exact) mass is 371 g/mol. The number of hydrogen-bond donors (Lipinski definition) is 1. The smallest absolute Gasteiger partial charge is 0.143 e. The Morgan fingerprint density at radius 3 is 2.88 bits per heavy atom. The Hall–Kier alpha value is -2.06. The van der Waals surface area contributed by atoms with E-state index in [4.69, 9.17) is 4.98 Å². The van der Waals surface area contributed by atoms with Gasteiger partial charge in [0.2, 0.25) is 0 Å². The van der Waals surface area contributed by atoms with Gasteiger partial charge in [-0.2, -0.15) is 5.10 Å². The summed E-state index contributed by atoms with van der Waals surface area (Å²) < 4.78 is 1.96. The molecular formula is C18H25N7S. The summed E-state index contributed by atoms with van der Waals surface area (Å²) in [5.74, 6) is 2.95. The van der Waals surface area contributed by atoms with Crippen LogP contribution in [-0.2, 0) is 6.54 Å². The summed E-state index contributed by atoms with van der Waals surface area (Å²) in [5, 5.41) is 11.3. The number of rotatable bonds is 5. The van der Waals surface area contributed by atoms with Crippen LogP contribution in [0.3, 0.4) is 0 Å². The minimum absolute atomic E-state index is 0.207. The highest BCUT2D eigenvalue weighted by molar-refractivity contribution is 7.16. The average molecular weight is 372 g/mol. The molecule has 1 aliphatic heterocycles. The van der Waals surface area contributed by atoms with Crippen LogP contribution in [-0.4, -0.2) is 43.9 Å². The number of anilines is 1. The van der Waals surface area contributed by atoms with Crippen LogP contribution < -0.4 is 10.2 Å². The highest BCUT2D eigenvalue weighted by Crippen LogP contribution is 2.29. The van der Waals surface area contributed by atoms with Gasteiger partial charge in [-0.1, -0.05) is 0 Å². The molecule has 0 unspecified atom stereocenters. The SMILES string of the molecule is CCn1ncnc1[C@H](C)NC1CCN(c2nc(C)nc3sccc23)CC1. The highest BCUT2D eigenvalue weighted by Gasteiger charge is 2.24. The first-order valence-corrected chi connectivity index (χ1v) is 10.1. The number of fused-ring (bicyclic) bond motifs is 1. The number of nitrogens with one attached hydrogen (secondary N) is 1. The van der Waals surface area contributed by atoms with Crippen LogP contribution in [0.15, 0.2) is 17.8 Å². The van der Waals surface area contributed by atoms with Crippen molar-refractivity contribution < 1.29 is 0 Å². The number of aromatic nitrogens is 5. The van der Waals surface area contributed by atoms with E-state index >= 15 is 0 Å². The third-order valence-corrected chi connectivity index (χ3v) is 5.84. The second kappa shape index (κ2) is 7.28. The molecule has 4 heterocycles. The Balaban J connectivity index is 1.42. The Morgan fingerprint density at radius 1 is 1.31 bits per heavy atom. The Morgan fingerprint density at radius 2 is 2.12 bits per heavy atom. The second-order valence-electron chi connectivity index (χ2n) is 6.82. The van der Waals surface area contributed by atoms with E-state index in [2.05, 4.69) is 50.6 Å². The molecule has 1 aliphatic rings. The van der Waals surface area contributed by atoms with Gasteiger partial charge < -0.3 is 10.2 Å². The lowest BCUT2D eigenvalue weighted by atomic mass is 10.0. The van der Waals surface area contributed by atoms with Gasteiger partial charge in [-0.3, -0.25) is 0 Å². The molecule has 8 heteroatoms. The van der Waals surface area contributed by atoms with Crippen molar-refractivity contribution in [1.82, 2.24) is 30.0 Å². The van der Waals surface area contributed by atoms with E-state index in [1.807, 2.05) is 11.6 Å². The largest absolute Gasteiger partial charge is 0.356 e. The molecule has 7 nitrogen and oxygen atoms in total. The van der Waals surface area contributed by atoms with E-state index in [-0.39, 0.29) is 6.04 Å². The molecule has 0 spiro atoms. The summed E-state index contributed by atoms with van der Waals surface area (Å²) >= 11 is 1.69. The van der Waals surface area contributed by atoms with Crippen LogP contribution in [0, 0.1) is 6.92 Å². The molecule has 0 bridgehead atoms. The Labute approximate surface area is 157 Å². The molecule has 138 valence electrons. The first-order chi connectivity index (χ1) is 12.7. The molecule has 1 saturated heterocycles. The van der Waals surface area contributed by atoms with E-state index in [0.29, 0.717) is 6.04 Å². The number of piperidine rings is 1. The van der Waals surface area contributed by atoms with Crippen molar-refractivity contribution >= 4 is 27.4 Å². The molecule has 3 aromatic heterocycles. The zero-order valence-electron chi connectivity index (χ0n) is 15.5. The van der Waals surface area contributed by atoms with E-state index < -0.39 is 0 Å². The maximum atomic E-state index is 4.73. The van der Waals surface area contributed by atoms with Gasteiger partial charge in [0.15, 0.2) is 0 Å². The third kappa shape index (κ3) is 3.31. The van der Waals surface area contributed by atoms with E-state index in [9.17, 15) is 0 Å². The van der Waals surface area contributed by atoms with Gasteiger partial charge in [0, 0.05) is 25.7 Å². The van der Waals surface area contributed by atoms with Crippen LogP contribution in [0.25, 0.3) is 10.2 Å². The number of nitrogens with zero attached hydrogens (tertiary/aromatic N) is 6. The maximum Gasteiger partial charge on any atom is 0.143 e. The molecule has 0 aromatic carbocycles. The van der Waals surface area contributed by atoms with Gasteiger partial charge in [0.1, 0.15) is 28.6 Å². The van der Waals surface area contributed by atoms with Crippen molar-refractivity contribution in [3.05, 3.63) is 29.4 Å². The highest BCUT2D eigenvalue weighted by atomic mass is 32.1. The second-order valence-corrected chi connectivity index (χ2v) is 7.71. The topological polar surface area (TPSA) is 71.8 Å².